The Hall–Kier alpha value is -2.05. The first-order chi connectivity index (χ1) is 10.6. The van der Waals surface area contributed by atoms with Crippen LogP contribution in [0.5, 0.6) is 5.75 Å². The van der Waals surface area contributed by atoms with Crippen molar-refractivity contribution in [2.24, 2.45) is 0 Å². The average Bonchev–Trinajstić information content (AvgIpc) is 3.00. The number of furan rings is 1. The van der Waals surface area contributed by atoms with Gasteiger partial charge in [-0.1, -0.05) is 0 Å². The summed E-state index contributed by atoms with van der Waals surface area (Å²) in [6.45, 7) is 0.288. The minimum atomic E-state index is -0.343. The Morgan fingerprint density at radius 1 is 1.30 bits per heavy atom. The largest absolute Gasteiger partial charge is 0.484 e. The number of nitrogens with zero attached hydrogens (tertiary/aromatic N) is 1. The zero-order valence-corrected chi connectivity index (χ0v) is 13.8. The Morgan fingerprint density at radius 2 is 2.00 bits per heavy atom. The Kier molecular flexibility index (Phi) is 7.57. The third-order valence-electron chi connectivity index (χ3n) is 3.17. The molecule has 0 radical (unpaired) electrons. The summed E-state index contributed by atoms with van der Waals surface area (Å²) < 4.78 is 23.4. The number of carbonyl (C=O) groups is 1. The van der Waals surface area contributed by atoms with E-state index >= 15 is 0 Å². The molecule has 126 valence electrons. The summed E-state index contributed by atoms with van der Waals surface area (Å²) in [7, 11) is 3.82. The lowest BCUT2D eigenvalue weighted by Crippen LogP contribution is -2.36. The van der Waals surface area contributed by atoms with E-state index in [0.717, 1.165) is 5.76 Å². The number of hydrogen-bond acceptors (Lipinski definition) is 4. The van der Waals surface area contributed by atoms with Gasteiger partial charge in [0.15, 0.2) is 6.61 Å². The number of amides is 1. The molecule has 0 saturated carbocycles. The van der Waals surface area contributed by atoms with Gasteiger partial charge in [-0.2, -0.15) is 0 Å². The van der Waals surface area contributed by atoms with E-state index in [-0.39, 0.29) is 36.8 Å². The van der Waals surface area contributed by atoms with Crippen LogP contribution in [-0.2, 0) is 4.79 Å². The van der Waals surface area contributed by atoms with Crippen LogP contribution in [0.15, 0.2) is 47.1 Å². The van der Waals surface area contributed by atoms with Crippen molar-refractivity contribution in [3.05, 3.63) is 54.2 Å². The van der Waals surface area contributed by atoms with E-state index in [9.17, 15) is 9.18 Å². The highest BCUT2D eigenvalue weighted by Crippen LogP contribution is 2.17. The van der Waals surface area contributed by atoms with Crippen LogP contribution in [0.1, 0.15) is 11.8 Å². The molecule has 1 amide bonds. The number of likely N-dealkylation sites (N-methyl/N-ethyl adjacent to an activating group) is 1. The SMILES string of the molecule is CN(C)C(CNC(=O)COc1ccc(F)cc1)c1ccco1.Cl. The van der Waals surface area contributed by atoms with Gasteiger partial charge in [0.25, 0.3) is 5.91 Å². The van der Waals surface area contributed by atoms with Gasteiger partial charge >= 0.3 is 0 Å². The van der Waals surface area contributed by atoms with Gasteiger partial charge in [-0.25, -0.2) is 4.39 Å². The fraction of sp³-hybridized carbons (Fsp3) is 0.312. The lowest BCUT2D eigenvalue weighted by Gasteiger charge is -2.22. The Morgan fingerprint density at radius 3 is 2.57 bits per heavy atom. The summed E-state index contributed by atoms with van der Waals surface area (Å²) in [4.78, 5) is 13.8. The molecule has 1 aromatic heterocycles. The van der Waals surface area contributed by atoms with E-state index in [1.165, 1.54) is 24.3 Å². The van der Waals surface area contributed by atoms with Crippen LogP contribution in [0.3, 0.4) is 0 Å². The monoisotopic (exact) mass is 342 g/mol. The van der Waals surface area contributed by atoms with Crippen molar-refractivity contribution in [1.29, 1.82) is 0 Å². The minimum Gasteiger partial charge on any atom is -0.484 e. The molecule has 2 rings (SSSR count). The predicted octanol–water partition coefficient (Wildman–Crippen LogP) is 2.64. The first-order valence-electron chi connectivity index (χ1n) is 6.91. The third kappa shape index (κ3) is 5.92. The summed E-state index contributed by atoms with van der Waals surface area (Å²) >= 11 is 0. The van der Waals surface area contributed by atoms with Crippen LogP contribution in [0.4, 0.5) is 4.39 Å². The standard InChI is InChI=1S/C16H19FN2O3.ClH/c1-19(2)14(15-4-3-9-21-15)10-18-16(20)11-22-13-7-5-12(17)6-8-13;/h3-9,14H,10-11H2,1-2H3,(H,18,20);1H. The Balaban J connectivity index is 0.00000264. The van der Waals surface area contributed by atoms with E-state index < -0.39 is 0 Å². The van der Waals surface area contributed by atoms with E-state index in [1.807, 2.05) is 31.1 Å². The van der Waals surface area contributed by atoms with Gasteiger partial charge in [0.1, 0.15) is 17.3 Å². The van der Waals surface area contributed by atoms with Crippen molar-refractivity contribution < 1.29 is 18.3 Å². The van der Waals surface area contributed by atoms with Gasteiger partial charge in [-0.15, -0.1) is 12.4 Å². The molecule has 1 aromatic carbocycles. The molecule has 1 heterocycles. The molecule has 5 nitrogen and oxygen atoms in total. The maximum atomic E-state index is 12.8. The van der Waals surface area contributed by atoms with Crippen molar-refractivity contribution in [1.82, 2.24) is 10.2 Å². The number of rotatable bonds is 7. The molecule has 1 atom stereocenters. The topological polar surface area (TPSA) is 54.7 Å². The van der Waals surface area contributed by atoms with E-state index in [4.69, 9.17) is 9.15 Å². The molecule has 0 saturated heterocycles. The molecule has 0 bridgehead atoms. The maximum absolute atomic E-state index is 12.8. The Bertz CT molecular complexity index is 588. The molecule has 1 unspecified atom stereocenters. The number of nitrogens with one attached hydrogen (secondary N) is 1. The summed E-state index contributed by atoms with van der Waals surface area (Å²) in [6, 6.07) is 9.15. The van der Waals surface area contributed by atoms with Gasteiger partial charge < -0.3 is 14.5 Å². The van der Waals surface area contributed by atoms with Crippen molar-refractivity contribution in [2.45, 2.75) is 6.04 Å². The van der Waals surface area contributed by atoms with Crippen molar-refractivity contribution in [3.63, 3.8) is 0 Å². The molecular formula is C16H20ClFN2O3. The van der Waals surface area contributed by atoms with E-state index in [2.05, 4.69) is 5.32 Å². The average molecular weight is 343 g/mol. The second-order valence-corrected chi connectivity index (χ2v) is 5.04. The molecule has 0 aliphatic heterocycles. The molecule has 1 N–H and O–H groups in total. The van der Waals surface area contributed by atoms with Gasteiger partial charge in [-0.05, 0) is 50.5 Å². The molecule has 0 aliphatic rings. The number of benzene rings is 1. The summed E-state index contributed by atoms with van der Waals surface area (Å²) in [5, 5.41) is 2.79. The van der Waals surface area contributed by atoms with Crippen LogP contribution in [0.2, 0.25) is 0 Å². The highest BCUT2D eigenvalue weighted by Gasteiger charge is 2.17. The van der Waals surface area contributed by atoms with Crippen LogP contribution in [0, 0.1) is 5.82 Å². The highest BCUT2D eigenvalue weighted by molar-refractivity contribution is 5.85. The zero-order valence-electron chi connectivity index (χ0n) is 13.0. The summed E-state index contributed by atoms with van der Waals surface area (Å²) in [5.74, 6) is 0.642. The second-order valence-electron chi connectivity index (χ2n) is 5.04. The fourth-order valence-electron chi connectivity index (χ4n) is 1.96. The van der Waals surface area contributed by atoms with Crippen molar-refractivity contribution in [3.8, 4) is 5.75 Å². The molecule has 7 heteroatoms. The van der Waals surface area contributed by atoms with Gasteiger partial charge in [0.2, 0.25) is 0 Å². The number of carbonyl (C=O) groups excluding carboxylic acids is 1. The smallest absolute Gasteiger partial charge is 0.258 e. The predicted molar refractivity (Wildman–Crippen MR) is 87.3 cm³/mol. The maximum Gasteiger partial charge on any atom is 0.258 e. The second kappa shape index (κ2) is 9.17. The molecule has 0 aliphatic carbocycles. The van der Waals surface area contributed by atoms with Crippen molar-refractivity contribution in [2.75, 3.05) is 27.2 Å². The minimum absolute atomic E-state index is 0. The van der Waals surface area contributed by atoms with E-state index in [0.29, 0.717) is 12.3 Å². The van der Waals surface area contributed by atoms with Gasteiger partial charge in [0, 0.05) is 6.54 Å². The third-order valence-corrected chi connectivity index (χ3v) is 3.17. The van der Waals surface area contributed by atoms with Gasteiger partial charge in [0.05, 0.1) is 12.3 Å². The van der Waals surface area contributed by atoms with Crippen LogP contribution < -0.4 is 10.1 Å². The molecule has 23 heavy (non-hydrogen) atoms. The molecule has 0 fully saturated rings. The highest BCUT2D eigenvalue weighted by atomic mass is 35.5. The van der Waals surface area contributed by atoms with Crippen LogP contribution in [-0.4, -0.2) is 38.1 Å². The first-order valence-corrected chi connectivity index (χ1v) is 6.91. The number of halogens is 2. The first kappa shape index (κ1) is 19.0. The summed E-state index contributed by atoms with van der Waals surface area (Å²) in [6.07, 6.45) is 1.60. The number of hydrogen-bond donors (Lipinski definition) is 1. The van der Waals surface area contributed by atoms with Crippen LogP contribution in [0.25, 0.3) is 0 Å². The zero-order chi connectivity index (χ0) is 15.9. The van der Waals surface area contributed by atoms with Gasteiger partial charge in [-0.3, -0.25) is 9.69 Å². The quantitative estimate of drug-likeness (QED) is 0.840. The number of ether oxygens (including phenoxy) is 1. The Labute approximate surface area is 140 Å². The lowest BCUT2D eigenvalue weighted by atomic mass is 10.2. The molecular weight excluding hydrogens is 323 g/mol. The van der Waals surface area contributed by atoms with Crippen LogP contribution >= 0.6 is 12.4 Å². The van der Waals surface area contributed by atoms with Crippen molar-refractivity contribution >= 4 is 18.3 Å². The lowest BCUT2D eigenvalue weighted by molar-refractivity contribution is -0.123. The summed E-state index contributed by atoms with van der Waals surface area (Å²) in [5.41, 5.74) is 0. The molecule has 2 aromatic rings. The normalized spacial score (nSPS) is 11.7. The fourth-order valence-corrected chi connectivity index (χ4v) is 1.96. The van der Waals surface area contributed by atoms with E-state index in [1.54, 1.807) is 6.26 Å². The molecule has 0 spiro atoms.